The molecule has 2 rings (SSSR count). The number of aromatic nitrogens is 2. The van der Waals surface area contributed by atoms with Crippen LogP contribution in [0.15, 0.2) is 6.20 Å². The van der Waals surface area contributed by atoms with Crippen molar-refractivity contribution in [3.8, 4) is 0 Å². The van der Waals surface area contributed by atoms with E-state index < -0.39 is 4.92 Å². The summed E-state index contributed by atoms with van der Waals surface area (Å²) in [5.74, 6) is 0.138. The Bertz CT molecular complexity index is 537. The fourth-order valence-corrected chi connectivity index (χ4v) is 2.36. The molecular formula is C13H21N5O4. The van der Waals surface area contributed by atoms with Crippen molar-refractivity contribution in [1.82, 2.24) is 19.4 Å². The average Bonchev–Trinajstić information content (AvgIpc) is 2.83. The van der Waals surface area contributed by atoms with E-state index in [1.54, 1.807) is 6.92 Å². The van der Waals surface area contributed by atoms with E-state index in [9.17, 15) is 14.9 Å². The molecule has 0 N–H and O–H groups in total. The summed E-state index contributed by atoms with van der Waals surface area (Å²) in [6.45, 7) is 5.84. The highest BCUT2D eigenvalue weighted by Crippen LogP contribution is 2.13. The summed E-state index contributed by atoms with van der Waals surface area (Å²) >= 11 is 0. The molecule has 1 aromatic heterocycles. The van der Waals surface area contributed by atoms with Crippen LogP contribution >= 0.6 is 0 Å². The van der Waals surface area contributed by atoms with Gasteiger partial charge in [0.05, 0.1) is 6.54 Å². The topological polar surface area (TPSA) is 93.7 Å². The number of nitro groups is 1. The van der Waals surface area contributed by atoms with E-state index in [0.29, 0.717) is 5.82 Å². The first-order valence-electron chi connectivity index (χ1n) is 7.20. The lowest BCUT2D eigenvalue weighted by Gasteiger charge is -2.31. The third-order valence-electron chi connectivity index (χ3n) is 3.75. The Morgan fingerprint density at radius 3 is 2.73 bits per heavy atom. The predicted octanol–water partition coefficient (Wildman–Crippen LogP) is -0.110. The second-order valence-corrected chi connectivity index (χ2v) is 5.37. The summed E-state index contributed by atoms with van der Waals surface area (Å²) in [5.41, 5.74) is 0. The molecule has 22 heavy (non-hydrogen) atoms. The monoisotopic (exact) mass is 311 g/mol. The summed E-state index contributed by atoms with van der Waals surface area (Å²) in [6.07, 6.45) is 1.21. The van der Waals surface area contributed by atoms with E-state index in [4.69, 9.17) is 4.74 Å². The van der Waals surface area contributed by atoms with Crippen LogP contribution in [0.5, 0.6) is 0 Å². The van der Waals surface area contributed by atoms with Gasteiger partial charge >= 0.3 is 11.8 Å². The molecule has 1 aliphatic rings. The minimum atomic E-state index is -0.494. The maximum atomic E-state index is 11.8. The standard InChI is InChI=1S/C13H21N5O4/c1-11-14-9-12(18(20)21)17(11)7-8-22-13(19)10-16-5-3-15(2)4-6-16/h9H,3-8,10H2,1-2H3. The second kappa shape index (κ2) is 7.32. The fraction of sp³-hybridized carbons (Fsp3) is 0.692. The SMILES string of the molecule is Cc1ncc([N+](=O)[O-])n1CCOC(=O)CN1CCN(C)CC1. The Labute approximate surface area is 128 Å². The highest BCUT2D eigenvalue weighted by Gasteiger charge is 2.19. The van der Waals surface area contributed by atoms with E-state index in [2.05, 4.69) is 16.9 Å². The molecule has 0 aromatic carbocycles. The number of esters is 1. The van der Waals surface area contributed by atoms with Crippen molar-refractivity contribution < 1.29 is 14.5 Å². The maximum absolute atomic E-state index is 11.8. The van der Waals surface area contributed by atoms with Crippen LogP contribution in [0.2, 0.25) is 0 Å². The molecule has 0 amide bonds. The number of piperazine rings is 1. The zero-order valence-corrected chi connectivity index (χ0v) is 12.9. The zero-order valence-electron chi connectivity index (χ0n) is 12.9. The first-order valence-corrected chi connectivity index (χ1v) is 7.20. The zero-order chi connectivity index (χ0) is 16.1. The molecule has 0 radical (unpaired) electrons. The van der Waals surface area contributed by atoms with Crippen molar-refractivity contribution in [1.29, 1.82) is 0 Å². The average molecular weight is 311 g/mol. The minimum Gasteiger partial charge on any atom is -0.461 e. The normalized spacial score (nSPS) is 16.6. The van der Waals surface area contributed by atoms with Gasteiger partial charge in [0.2, 0.25) is 0 Å². The number of carbonyl (C=O) groups is 1. The minimum absolute atomic E-state index is 0.0902. The second-order valence-electron chi connectivity index (χ2n) is 5.37. The third kappa shape index (κ3) is 4.25. The Hall–Kier alpha value is -2.00. The van der Waals surface area contributed by atoms with E-state index in [1.165, 1.54) is 10.8 Å². The number of likely N-dealkylation sites (N-methyl/N-ethyl adjacent to an activating group) is 1. The van der Waals surface area contributed by atoms with Crippen molar-refractivity contribution in [2.75, 3.05) is 46.4 Å². The van der Waals surface area contributed by atoms with Crippen LogP contribution in [0.3, 0.4) is 0 Å². The van der Waals surface area contributed by atoms with Crippen molar-refractivity contribution >= 4 is 11.8 Å². The quantitative estimate of drug-likeness (QED) is 0.411. The van der Waals surface area contributed by atoms with Gasteiger partial charge in [0.15, 0.2) is 5.82 Å². The summed E-state index contributed by atoms with van der Waals surface area (Å²) in [6, 6.07) is 0. The third-order valence-corrected chi connectivity index (χ3v) is 3.75. The lowest BCUT2D eigenvalue weighted by molar-refractivity contribution is -0.392. The molecule has 1 aliphatic heterocycles. The van der Waals surface area contributed by atoms with Gasteiger partial charge in [-0.25, -0.2) is 9.55 Å². The van der Waals surface area contributed by atoms with Gasteiger partial charge in [-0.2, -0.15) is 0 Å². The van der Waals surface area contributed by atoms with Crippen LogP contribution in [0.1, 0.15) is 5.82 Å². The van der Waals surface area contributed by atoms with Gasteiger partial charge in [-0.3, -0.25) is 9.69 Å². The number of nitrogens with zero attached hydrogens (tertiary/aromatic N) is 5. The maximum Gasteiger partial charge on any atom is 0.342 e. The van der Waals surface area contributed by atoms with Crippen molar-refractivity contribution in [2.45, 2.75) is 13.5 Å². The number of carbonyl (C=O) groups excluding carboxylic acids is 1. The Morgan fingerprint density at radius 2 is 2.09 bits per heavy atom. The van der Waals surface area contributed by atoms with Gasteiger partial charge in [0.1, 0.15) is 19.3 Å². The van der Waals surface area contributed by atoms with E-state index in [-0.39, 0.29) is 31.5 Å². The highest BCUT2D eigenvalue weighted by molar-refractivity contribution is 5.71. The molecule has 2 heterocycles. The number of aryl methyl sites for hydroxylation is 1. The Morgan fingerprint density at radius 1 is 1.41 bits per heavy atom. The molecule has 0 spiro atoms. The molecule has 0 unspecified atom stereocenters. The summed E-state index contributed by atoms with van der Waals surface area (Å²) < 4.78 is 6.60. The van der Waals surface area contributed by atoms with E-state index in [0.717, 1.165) is 26.2 Å². The van der Waals surface area contributed by atoms with Gasteiger partial charge in [-0.1, -0.05) is 0 Å². The lowest BCUT2D eigenvalue weighted by Crippen LogP contribution is -2.46. The number of hydrogen-bond donors (Lipinski definition) is 0. The molecule has 1 saturated heterocycles. The molecule has 9 heteroatoms. The molecular weight excluding hydrogens is 290 g/mol. The van der Waals surface area contributed by atoms with Crippen LogP contribution in [0.4, 0.5) is 5.82 Å². The van der Waals surface area contributed by atoms with Crippen molar-refractivity contribution in [3.05, 3.63) is 22.1 Å². The summed E-state index contributed by atoms with van der Waals surface area (Å²) in [5, 5.41) is 10.8. The number of imidazole rings is 1. The van der Waals surface area contributed by atoms with Crippen LogP contribution in [-0.2, 0) is 16.1 Å². The van der Waals surface area contributed by atoms with Crippen molar-refractivity contribution in [2.24, 2.45) is 0 Å². The summed E-state index contributed by atoms with van der Waals surface area (Å²) in [4.78, 5) is 30.3. The van der Waals surface area contributed by atoms with Crippen LogP contribution in [-0.4, -0.2) is 76.6 Å². The van der Waals surface area contributed by atoms with Gasteiger partial charge in [-0.15, -0.1) is 0 Å². The predicted molar refractivity (Wildman–Crippen MR) is 78.5 cm³/mol. The highest BCUT2D eigenvalue weighted by atomic mass is 16.6. The van der Waals surface area contributed by atoms with Crippen LogP contribution in [0.25, 0.3) is 0 Å². The van der Waals surface area contributed by atoms with Gasteiger partial charge in [-0.05, 0) is 12.0 Å². The molecule has 122 valence electrons. The first kappa shape index (κ1) is 16.4. The number of ether oxygens (including phenoxy) is 1. The molecule has 0 bridgehead atoms. The molecule has 1 fully saturated rings. The van der Waals surface area contributed by atoms with Crippen molar-refractivity contribution in [3.63, 3.8) is 0 Å². The van der Waals surface area contributed by atoms with Gasteiger partial charge in [0, 0.05) is 33.1 Å². The molecule has 0 atom stereocenters. The summed E-state index contributed by atoms with van der Waals surface area (Å²) in [7, 11) is 2.05. The largest absolute Gasteiger partial charge is 0.461 e. The molecule has 1 aromatic rings. The number of rotatable bonds is 6. The molecule has 0 aliphatic carbocycles. The van der Waals surface area contributed by atoms with E-state index >= 15 is 0 Å². The van der Waals surface area contributed by atoms with Gasteiger partial charge < -0.3 is 19.8 Å². The molecule has 9 nitrogen and oxygen atoms in total. The Kier molecular flexibility index (Phi) is 5.45. The number of hydrogen-bond acceptors (Lipinski definition) is 7. The fourth-order valence-electron chi connectivity index (χ4n) is 2.36. The van der Waals surface area contributed by atoms with Crippen LogP contribution in [0, 0.1) is 17.0 Å². The molecule has 0 saturated carbocycles. The Balaban J connectivity index is 1.75. The smallest absolute Gasteiger partial charge is 0.342 e. The lowest BCUT2D eigenvalue weighted by atomic mass is 10.3. The first-order chi connectivity index (χ1) is 10.5. The van der Waals surface area contributed by atoms with E-state index in [1.807, 2.05) is 4.90 Å². The van der Waals surface area contributed by atoms with Crippen LogP contribution < -0.4 is 0 Å². The van der Waals surface area contributed by atoms with Gasteiger partial charge in [0.25, 0.3) is 0 Å².